The number of aromatic nitrogens is 2. The van der Waals surface area contributed by atoms with Crippen molar-refractivity contribution in [1.29, 1.82) is 0 Å². The molecule has 0 bridgehead atoms. The van der Waals surface area contributed by atoms with Gasteiger partial charge in [-0.1, -0.05) is 36.6 Å². The van der Waals surface area contributed by atoms with Gasteiger partial charge in [0, 0.05) is 38.2 Å². The number of methoxy groups -OCH3 is 1. The number of benzene rings is 1. The molecule has 2 aromatic rings. The molecule has 2 rings (SSSR count). The Morgan fingerprint density at radius 1 is 1.38 bits per heavy atom. The maximum absolute atomic E-state index is 12.1. The highest BCUT2D eigenvalue weighted by molar-refractivity contribution is 5.86. The molecule has 0 aliphatic carbocycles. The van der Waals surface area contributed by atoms with Gasteiger partial charge in [-0.3, -0.25) is 4.79 Å². The minimum atomic E-state index is -0.861. The summed E-state index contributed by atoms with van der Waals surface area (Å²) in [4.78, 5) is 32.8. The Balaban J connectivity index is 2.40. The van der Waals surface area contributed by atoms with E-state index in [1.54, 1.807) is 44.4 Å². The van der Waals surface area contributed by atoms with Crippen molar-refractivity contribution >= 4 is 18.1 Å². The van der Waals surface area contributed by atoms with Crippen LogP contribution in [-0.4, -0.2) is 66.2 Å². The molecule has 1 heterocycles. The normalized spacial score (nSPS) is 11.6. The van der Waals surface area contributed by atoms with E-state index in [4.69, 9.17) is 4.74 Å². The number of amides is 1. The molecule has 1 aromatic heterocycles. The molecule has 1 unspecified atom stereocenters. The number of nitrogens with zero attached hydrogens (tertiary/aromatic N) is 3. The summed E-state index contributed by atoms with van der Waals surface area (Å²) in [7, 11) is 4.65. The van der Waals surface area contributed by atoms with E-state index in [0.29, 0.717) is 42.0 Å². The molecule has 8 heteroatoms. The molecule has 0 saturated carbocycles. The first-order valence-corrected chi connectivity index (χ1v) is 9.85. The van der Waals surface area contributed by atoms with Gasteiger partial charge in [-0.2, -0.15) is 0 Å². The standard InChI is InChI=1S/C24H26N4O4/c1-5-7-20(25-2)22-15-21(26-23(27-22)24(31)32-4)18-9-6-8-17(14-18)10-11-19(30)12-13-28(3)16-29/h5-9,14-16,19,25,30H,1,12-13H2,2-4H3/b20-7-. The number of aliphatic hydroxyl groups excluding tert-OH is 1. The quantitative estimate of drug-likeness (QED) is 0.269. The van der Waals surface area contributed by atoms with Crippen molar-refractivity contribution in [2.75, 3.05) is 27.7 Å². The number of rotatable bonds is 9. The molecule has 2 N–H and O–H groups in total. The molecule has 0 aliphatic rings. The topological polar surface area (TPSA) is 105 Å². The number of ether oxygens (including phenoxy) is 1. The van der Waals surface area contributed by atoms with Gasteiger partial charge in [0.05, 0.1) is 24.2 Å². The van der Waals surface area contributed by atoms with Gasteiger partial charge in [0.2, 0.25) is 12.2 Å². The van der Waals surface area contributed by atoms with Crippen LogP contribution in [0.15, 0.2) is 49.1 Å². The lowest BCUT2D eigenvalue weighted by atomic mass is 10.1. The average molecular weight is 434 g/mol. The molecular formula is C24H26N4O4. The van der Waals surface area contributed by atoms with Crippen molar-refractivity contribution in [2.45, 2.75) is 12.5 Å². The maximum Gasteiger partial charge on any atom is 0.376 e. The van der Waals surface area contributed by atoms with Crippen molar-refractivity contribution in [1.82, 2.24) is 20.2 Å². The second kappa shape index (κ2) is 12.0. The number of esters is 1. The first-order valence-electron chi connectivity index (χ1n) is 9.85. The highest BCUT2D eigenvalue weighted by Crippen LogP contribution is 2.22. The van der Waals surface area contributed by atoms with Crippen LogP contribution >= 0.6 is 0 Å². The molecule has 166 valence electrons. The molecule has 1 amide bonds. The first-order chi connectivity index (χ1) is 15.4. The molecule has 1 atom stereocenters. The van der Waals surface area contributed by atoms with Crippen LogP contribution in [0.2, 0.25) is 0 Å². The monoisotopic (exact) mass is 434 g/mol. The van der Waals surface area contributed by atoms with Crippen molar-refractivity contribution in [2.24, 2.45) is 0 Å². The summed E-state index contributed by atoms with van der Waals surface area (Å²) in [5, 5.41) is 13.1. The van der Waals surface area contributed by atoms with Crippen LogP contribution in [0.5, 0.6) is 0 Å². The Kier molecular flexibility index (Phi) is 9.14. The average Bonchev–Trinajstić information content (AvgIpc) is 2.83. The molecule has 0 saturated heterocycles. The molecule has 1 aromatic carbocycles. The van der Waals surface area contributed by atoms with Crippen molar-refractivity contribution in [3.8, 4) is 23.1 Å². The zero-order chi connectivity index (χ0) is 23.5. The third-order valence-electron chi connectivity index (χ3n) is 4.40. The fraction of sp³-hybridized carbons (Fsp3) is 0.250. The fourth-order valence-corrected chi connectivity index (χ4v) is 2.70. The first kappa shape index (κ1) is 24.3. The molecule has 32 heavy (non-hydrogen) atoms. The number of aliphatic hydroxyl groups is 1. The maximum atomic E-state index is 12.1. The van der Waals surface area contributed by atoms with Crippen LogP contribution in [0.1, 0.15) is 28.3 Å². The number of hydrogen-bond donors (Lipinski definition) is 2. The third kappa shape index (κ3) is 6.79. The van der Waals surface area contributed by atoms with Crippen molar-refractivity contribution < 1.29 is 19.4 Å². The molecular weight excluding hydrogens is 408 g/mol. The second-order valence-corrected chi connectivity index (χ2v) is 6.76. The van der Waals surface area contributed by atoms with Crippen LogP contribution < -0.4 is 5.32 Å². The van der Waals surface area contributed by atoms with E-state index in [1.165, 1.54) is 12.0 Å². The smallest absolute Gasteiger partial charge is 0.376 e. The van der Waals surface area contributed by atoms with Gasteiger partial charge in [0.15, 0.2) is 0 Å². The lowest BCUT2D eigenvalue weighted by Gasteiger charge is -2.11. The predicted octanol–water partition coefficient (Wildman–Crippen LogP) is 1.87. The minimum Gasteiger partial charge on any atom is -0.463 e. The highest BCUT2D eigenvalue weighted by Gasteiger charge is 2.15. The van der Waals surface area contributed by atoms with Gasteiger partial charge in [0.1, 0.15) is 6.10 Å². The van der Waals surface area contributed by atoms with E-state index in [0.717, 1.165) is 5.56 Å². The van der Waals surface area contributed by atoms with Crippen LogP contribution in [0.3, 0.4) is 0 Å². The SMILES string of the molecule is C=C/C=C(\NC)c1cc(-c2cccc(C#CC(O)CCN(C)C=O)c2)nc(C(=O)OC)n1. The van der Waals surface area contributed by atoms with E-state index in [1.807, 2.05) is 12.1 Å². The summed E-state index contributed by atoms with van der Waals surface area (Å²) in [5.74, 6) is 4.99. The van der Waals surface area contributed by atoms with E-state index >= 15 is 0 Å². The summed E-state index contributed by atoms with van der Waals surface area (Å²) < 4.78 is 4.79. The number of hydrogen-bond acceptors (Lipinski definition) is 7. The van der Waals surface area contributed by atoms with Gasteiger partial charge >= 0.3 is 5.97 Å². The molecule has 8 nitrogen and oxygen atoms in total. The Morgan fingerprint density at radius 2 is 2.16 bits per heavy atom. The third-order valence-corrected chi connectivity index (χ3v) is 4.40. The molecule has 0 fully saturated rings. The zero-order valence-electron chi connectivity index (χ0n) is 18.3. The second-order valence-electron chi connectivity index (χ2n) is 6.76. The minimum absolute atomic E-state index is 0.0728. The van der Waals surface area contributed by atoms with E-state index in [2.05, 4.69) is 33.7 Å². The summed E-state index contributed by atoms with van der Waals surface area (Å²) >= 11 is 0. The summed E-state index contributed by atoms with van der Waals surface area (Å²) in [6, 6.07) is 9.00. The highest BCUT2D eigenvalue weighted by atomic mass is 16.5. The van der Waals surface area contributed by atoms with Crippen LogP contribution in [-0.2, 0) is 9.53 Å². The number of allylic oxidation sites excluding steroid dienone is 2. The zero-order valence-corrected chi connectivity index (χ0v) is 18.3. The van der Waals surface area contributed by atoms with Crippen LogP contribution in [0.25, 0.3) is 17.0 Å². The Bertz CT molecular complexity index is 1070. The van der Waals surface area contributed by atoms with Crippen molar-refractivity contribution in [3.63, 3.8) is 0 Å². The van der Waals surface area contributed by atoms with Crippen LogP contribution in [0.4, 0.5) is 0 Å². The van der Waals surface area contributed by atoms with E-state index in [9.17, 15) is 14.7 Å². The summed E-state index contributed by atoms with van der Waals surface area (Å²) in [6.07, 6.45) is 3.53. The molecule has 0 spiro atoms. The van der Waals surface area contributed by atoms with Crippen LogP contribution in [0, 0.1) is 11.8 Å². The van der Waals surface area contributed by atoms with E-state index < -0.39 is 12.1 Å². The number of carbonyl (C=O) groups excluding carboxylic acids is 2. The van der Waals surface area contributed by atoms with Gasteiger partial charge in [-0.05, 0) is 24.3 Å². The van der Waals surface area contributed by atoms with Gasteiger partial charge in [-0.25, -0.2) is 14.8 Å². The summed E-state index contributed by atoms with van der Waals surface area (Å²) in [6.45, 7) is 4.10. The van der Waals surface area contributed by atoms with Crippen molar-refractivity contribution in [3.05, 3.63) is 66.1 Å². The largest absolute Gasteiger partial charge is 0.463 e. The van der Waals surface area contributed by atoms with Gasteiger partial charge in [-0.15, -0.1) is 0 Å². The molecule has 0 radical (unpaired) electrons. The lowest BCUT2D eigenvalue weighted by molar-refractivity contribution is -0.117. The number of nitrogens with one attached hydrogen (secondary N) is 1. The number of carbonyl (C=O) groups is 2. The summed E-state index contributed by atoms with van der Waals surface area (Å²) in [5.41, 5.74) is 3.06. The predicted molar refractivity (Wildman–Crippen MR) is 122 cm³/mol. The van der Waals surface area contributed by atoms with Gasteiger partial charge in [0.25, 0.3) is 0 Å². The Hall–Kier alpha value is -3.96. The lowest BCUT2D eigenvalue weighted by Crippen LogP contribution is -2.21. The van der Waals surface area contributed by atoms with E-state index in [-0.39, 0.29) is 5.82 Å². The molecule has 0 aliphatic heterocycles. The van der Waals surface area contributed by atoms with Gasteiger partial charge < -0.3 is 20.1 Å². The fourth-order valence-electron chi connectivity index (χ4n) is 2.70. The Labute approximate surface area is 187 Å². The Morgan fingerprint density at radius 3 is 2.81 bits per heavy atom.